The summed E-state index contributed by atoms with van der Waals surface area (Å²) in [5.74, 6) is -0.464. The van der Waals surface area contributed by atoms with Gasteiger partial charge in [-0.25, -0.2) is 13.2 Å². The van der Waals surface area contributed by atoms with Crippen molar-refractivity contribution >= 4 is 28.4 Å². The summed E-state index contributed by atoms with van der Waals surface area (Å²) < 4.78 is 31.1. The molecule has 21 heavy (non-hydrogen) atoms. The third kappa shape index (κ3) is 3.74. The van der Waals surface area contributed by atoms with Gasteiger partial charge in [-0.15, -0.1) is 12.4 Å². The summed E-state index contributed by atoms with van der Waals surface area (Å²) in [4.78, 5) is 11.7. The van der Waals surface area contributed by atoms with E-state index in [9.17, 15) is 13.2 Å². The highest BCUT2D eigenvalue weighted by atomic mass is 35.5. The Morgan fingerprint density at radius 3 is 2.43 bits per heavy atom. The Labute approximate surface area is 130 Å². The summed E-state index contributed by atoms with van der Waals surface area (Å²) >= 11 is 0. The van der Waals surface area contributed by atoms with Crippen LogP contribution in [0.3, 0.4) is 0 Å². The van der Waals surface area contributed by atoms with E-state index in [0.717, 1.165) is 0 Å². The van der Waals surface area contributed by atoms with Crippen LogP contribution in [0.15, 0.2) is 23.1 Å². The van der Waals surface area contributed by atoms with Crippen molar-refractivity contribution < 1.29 is 17.9 Å². The lowest BCUT2D eigenvalue weighted by Gasteiger charge is -2.26. The van der Waals surface area contributed by atoms with Crippen LogP contribution in [0, 0.1) is 6.92 Å². The average molecular weight is 335 g/mol. The molecule has 0 spiro atoms. The molecule has 1 heterocycles. The molecule has 0 amide bonds. The third-order valence-corrected chi connectivity index (χ3v) is 5.21. The van der Waals surface area contributed by atoms with E-state index < -0.39 is 16.0 Å². The van der Waals surface area contributed by atoms with Crippen molar-refractivity contribution in [1.82, 2.24) is 9.62 Å². The van der Waals surface area contributed by atoms with E-state index >= 15 is 0 Å². The molecule has 0 aromatic heterocycles. The summed E-state index contributed by atoms with van der Waals surface area (Å²) in [5.41, 5.74) is 0.972. The first-order valence-corrected chi connectivity index (χ1v) is 7.80. The molecule has 0 unspecified atom stereocenters. The van der Waals surface area contributed by atoms with Crippen molar-refractivity contribution in [2.75, 3.05) is 33.3 Å². The molecular formula is C13H19ClN2O4S. The molecule has 1 saturated heterocycles. The summed E-state index contributed by atoms with van der Waals surface area (Å²) in [6.45, 7) is 3.92. The van der Waals surface area contributed by atoms with E-state index in [4.69, 9.17) is 0 Å². The zero-order chi connectivity index (χ0) is 14.8. The molecule has 0 saturated carbocycles. The van der Waals surface area contributed by atoms with Gasteiger partial charge < -0.3 is 10.1 Å². The number of carbonyl (C=O) groups is 1. The zero-order valence-electron chi connectivity index (χ0n) is 12.0. The fourth-order valence-corrected chi connectivity index (χ4v) is 3.70. The van der Waals surface area contributed by atoms with Crippen molar-refractivity contribution in [3.8, 4) is 0 Å². The van der Waals surface area contributed by atoms with Crippen LogP contribution in [0.2, 0.25) is 0 Å². The summed E-state index contributed by atoms with van der Waals surface area (Å²) in [5, 5.41) is 3.11. The number of rotatable bonds is 3. The van der Waals surface area contributed by atoms with Crippen LogP contribution < -0.4 is 5.32 Å². The Kier molecular flexibility index (Phi) is 6.15. The van der Waals surface area contributed by atoms with Crippen molar-refractivity contribution in [2.24, 2.45) is 0 Å². The second-order valence-corrected chi connectivity index (χ2v) is 6.56. The van der Waals surface area contributed by atoms with Gasteiger partial charge in [-0.3, -0.25) is 0 Å². The Morgan fingerprint density at radius 2 is 1.90 bits per heavy atom. The van der Waals surface area contributed by atoms with Crippen LogP contribution in [-0.4, -0.2) is 52.0 Å². The number of benzene rings is 1. The number of esters is 1. The molecule has 1 aliphatic rings. The minimum atomic E-state index is -3.49. The lowest BCUT2D eigenvalue weighted by atomic mass is 10.1. The van der Waals surface area contributed by atoms with Crippen LogP contribution >= 0.6 is 12.4 Å². The Hall–Kier alpha value is -1.15. The van der Waals surface area contributed by atoms with Crippen LogP contribution in [0.5, 0.6) is 0 Å². The van der Waals surface area contributed by atoms with Gasteiger partial charge in [-0.05, 0) is 30.7 Å². The molecular weight excluding hydrogens is 316 g/mol. The predicted molar refractivity (Wildman–Crippen MR) is 81.4 cm³/mol. The summed E-state index contributed by atoms with van der Waals surface area (Å²) in [6.07, 6.45) is 0. The van der Waals surface area contributed by atoms with Gasteiger partial charge in [0, 0.05) is 26.2 Å². The van der Waals surface area contributed by atoms with Crippen molar-refractivity contribution in [2.45, 2.75) is 11.8 Å². The van der Waals surface area contributed by atoms with E-state index in [0.29, 0.717) is 37.3 Å². The topological polar surface area (TPSA) is 75.7 Å². The normalized spacial score (nSPS) is 16.1. The molecule has 8 heteroatoms. The lowest BCUT2D eigenvalue weighted by molar-refractivity contribution is 0.0600. The monoisotopic (exact) mass is 334 g/mol. The van der Waals surface area contributed by atoms with E-state index in [1.807, 2.05) is 0 Å². The molecule has 118 valence electrons. The average Bonchev–Trinajstić information content (AvgIpc) is 2.47. The number of methoxy groups -OCH3 is 1. The number of piperazine rings is 1. The molecule has 0 aliphatic carbocycles. The van der Waals surface area contributed by atoms with Gasteiger partial charge in [0.1, 0.15) is 0 Å². The van der Waals surface area contributed by atoms with Crippen molar-refractivity contribution in [1.29, 1.82) is 0 Å². The fraction of sp³-hybridized carbons (Fsp3) is 0.462. The summed E-state index contributed by atoms with van der Waals surface area (Å²) in [7, 11) is -2.19. The first-order chi connectivity index (χ1) is 9.46. The molecule has 2 rings (SSSR count). The largest absolute Gasteiger partial charge is 0.465 e. The Bertz CT molecular complexity index is 613. The maximum Gasteiger partial charge on any atom is 0.338 e. The lowest BCUT2D eigenvalue weighted by Crippen LogP contribution is -2.46. The second kappa shape index (κ2) is 7.22. The number of nitrogens with one attached hydrogen (secondary N) is 1. The van der Waals surface area contributed by atoms with Crippen LogP contribution in [0.1, 0.15) is 15.9 Å². The number of aryl methyl sites for hydroxylation is 1. The highest BCUT2D eigenvalue weighted by molar-refractivity contribution is 7.89. The quantitative estimate of drug-likeness (QED) is 0.827. The fourth-order valence-electron chi connectivity index (χ4n) is 2.17. The van der Waals surface area contributed by atoms with Crippen molar-refractivity contribution in [3.05, 3.63) is 29.3 Å². The van der Waals surface area contributed by atoms with E-state index in [-0.39, 0.29) is 17.3 Å². The Balaban J connectivity index is 0.00000220. The predicted octanol–water partition coefficient (Wildman–Crippen LogP) is 0.797. The second-order valence-electron chi connectivity index (χ2n) is 4.62. The molecule has 1 aromatic rings. The smallest absolute Gasteiger partial charge is 0.338 e. The van der Waals surface area contributed by atoms with Crippen molar-refractivity contribution in [3.63, 3.8) is 0 Å². The van der Waals surface area contributed by atoms with Gasteiger partial charge in [-0.1, -0.05) is 0 Å². The number of carbonyl (C=O) groups excluding carboxylic acids is 1. The molecule has 1 N–H and O–H groups in total. The number of hydrogen-bond acceptors (Lipinski definition) is 5. The summed E-state index contributed by atoms with van der Waals surface area (Å²) in [6, 6.07) is 4.47. The molecule has 6 nitrogen and oxygen atoms in total. The molecule has 1 fully saturated rings. The first kappa shape index (κ1) is 17.9. The number of sulfonamides is 1. The maximum atomic E-state index is 12.5. The Morgan fingerprint density at radius 1 is 1.29 bits per heavy atom. The van der Waals surface area contributed by atoms with E-state index in [1.54, 1.807) is 6.92 Å². The SMILES string of the molecule is COC(=O)c1ccc(S(=O)(=O)N2CCNCC2)cc1C.Cl. The minimum Gasteiger partial charge on any atom is -0.465 e. The highest BCUT2D eigenvalue weighted by Crippen LogP contribution is 2.20. The number of nitrogens with zero attached hydrogens (tertiary/aromatic N) is 1. The number of hydrogen-bond donors (Lipinski definition) is 1. The van der Waals surface area contributed by atoms with E-state index in [1.165, 1.54) is 29.6 Å². The third-order valence-electron chi connectivity index (χ3n) is 3.32. The molecule has 0 radical (unpaired) electrons. The van der Waals surface area contributed by atoms with Crippen LogP contribution in [0.4, 0.5) is 0 Å². The maximum absolute atomic E-state index is 12.5. The molecule has 1 aliphatic heterocycles. The van der Waals surface area contributed by atoms with Crippen LogP contribution in [-0.2, 0) is 14.8 Å². The first-order valence-electron chi connectivity index (χ1n) is 6.36. The molecule has 0 atom stereocenters. The molecule has 1 aromatic carbocycles. The van der Waals surface area contributed by atoms with Gasteiger partial charge in [0.25, 0.3) is 0 Å². The van der Waals surface area contributed by atoms with Gasteiger partial charge in [0.15, 0.2) is 0 Å². The standard InChI is InChI=1S/C13H18N2O4S.ClH/c1-10-9-11(3-4-12(10)13(16)19-2)20(17,18)15-7-5-14-6-8-15;/h3-4,9,14H,5-8H2,1-2H3;1H. The molecule has 0 bridgehead atoms. The zero-order valence-corrected chi connectivity index (χ0v) is 13.6. The van der Waals surface area contributed by atoms with E-state index in [2.05, 4.69) is 10.1 Å². The van der Waals surface area contributed by atoms with Gasteiger partial charge >= 0.3 is 5.97 Å². The van der Waals surface area contributed by atoms with Gasteiger partial charge in [0.2, 0.25) is 10.0 Å². The van der Waals surface area contributed by atoms with Gasteiger partial charge in [0.05, 0.1) is 17.6 Å². The van der Waals surface area contributed by atoms with Gasteiger partial charge in [-0.2, -0.15) is 4.31 Å². The number of ether oxygens (including phenoxy) is 1. The highest BCUT2D eigenvalue weighted by Gasteiger charge is 2.26. The number of halogens is 1. The van der Waals surface area contributed by atoms with Crippen LogP contribution in [0.25, 0.3) is 0 Å². The minimum absolute atomic E-state index is 0.